The largest absolute Gasteiger partial charge is 0.480 e. The maximum absolute atomic E-state index is 13.2. The van der Waals surface area contributed by atoms with Gasteiger partial charge in [-0.1, -0.05) is 70.9 Å². The van der Waals surface area contributed by atoms with Crippen LogP contribution in [0.1, 0.15) is 46.1 Å². The SMILES string of the molecule is CCC(C)C(N)C(=O)NC(C(=O)NC(Cc1ccccc1)C(=O)NC(CO)C(=O)O)C(C)CC. The predicted octanol–water partition coefficient (Wildman–Crippen LogP) is 0.180. The van der Waals surface area contributed by atoms with Gasteiger partial charge in [0, 0.05) is 6.42 Å². The Hall–Kier alpha value is -2.98. The van der Waals surface area contributed by atoms with Crippen molar-refractivity contribution >= 4 is 23.7 Å². The number of carbonyl (C=O) groups excluding carboxylic acids is 3. The van der Waals surface area contributed by atoms with Crippen LogP contribution in [-0.2, 0) is 25.6 Å². The molecule has 0 aliphatic heterocycles. The van der Waals surface area contributed by atoms with Crippen molar-refractivity contribution in [3.05, 3.63) is 35.9 Å². The quantitative estimate of drug-likeness (QED) is 0.221. The van der Waals surface area contributed by atoms with Gasteiger partial charge in [0.2, 0.25) is 17.7 Å². The first kappa shape index (κ1) is 29.1. The van der Waals surface area contributed by atoms with Gasteiger partial charge in [-0.15, -0.1) is 0 Å². The Kier molecular flexibility index (Phi) is 12.2. The van der Waals surface area contributed by atoms with Crippen molar-refractivity contribution in [1.82, 2.24) is 16.0 Å². The number of rotatable bonds is 14. The van der Waals surface area contributed by atoms with E-state index in [0.717, 1.165) is 5.56 Å². The van der Waals surface area contributed by atoms with Gasteiger partial charge in [0.05, 0.1) is 12.6 Å². The fraction of sp³-hybridized carbons (Fsp3) is 0.583. The number of benzene rings is 1. The van der Waals surface area contributed by atoms with E-state index < -0.39 is 54.5 Å². The number of aliphatic carboxylic acids is 1. The second kappa shape index (κ2) is 14.3. The van der Waals surface area contributed by atoms with Crippen molar-refractivity contribution < 1.29 is 29.4 Å². The van der Waals surface area contributed by atoms with Crippen LogP contribution in [0.5, 0.6) is 0 Å². The molecule has 34 heavy (non-hydrogen) atoms. The molecule has 0 aromatic heterocycles. The van der Waals surface area contributed by atoms with E-state index in [1.165, 1.54) is 0 Å². The van der Waals surface area contributed by atoms with E-state index in [4.69, 9.17) is 10.8 Å². The second-order valence-electron chi connectivity index (χ2n) is 8.62. The minimum atomic E-state index is -1.51. The minimum Gasteiger partial charge on any atom is -0.480 e. The Balaban J connectivity index is 3.12. The maximum atomic E-state index is 13.2. The van der Waals surface area contributed by atoms with Gasteiger partial charge in [-0.25, -0.2) is 4.79 Å². The van der Waals surface area contributed by atoms with Crippen LogP contribution in [0.2, 0.25) is 0 Å². The zero-order chi connectivity index (χ0) is 25.8. The highest BCUT2D eigenvalue weighted by atomic mass is 16.4. The maximum Gasteiger partial charge on any atom is 0.328 e. The molecule has 7 N–H and O–H groups in total. The van der Waals surface area contributed by atoms with E-state index >= 15 is 0 Å². The van der Waals surface area contributed by atoms with Gasteiger partial charge < -0.3 is 31.9 Å². The topological polar surface area (TPSA) is 171 Å². The normalized spacial score (nSPS) is 16.3. The van der Waals surface area contributed by atoms with Gasteiger partial charge in [-0.3, -0.25) is 14.4 Å². The highest BCUT2D eigenvalue weighted by Crippen LogP contribution is 2.12. The molecule has 0 saturated heterocycles. The summed E-state index contributed by atoms with van der Waals surface area (Å²) in [6.45, 7) is 6.64. The third-order valence-electron chi connectivity index (χ3n) is 6.07. The lowest BCUT2D eigenvalue weighted by atomic mass is 9.95. The number of carboxylic acids is 1. The van der Waals surface area contributed by atoms with Crippen LogP contribution >= 0.6 is 0 Å². The summed E-state index contributed by atoms with van der Waals surface area (Å²) in [6, 6.07) is 4.53. The third-order valence-corrected chi connectivity index (χ3v) is 6.07. The van der Waals surface area contributed by atoms with Crippen LogP contribution < -0.4 is 21.7 Å². The zero-order valence-electron chi connectivity index (χ0n) is 20.3. The number of aliphatic hydroxyl groups is 1. The van der Waals surface area contributed by atoms with Crippen molar-refractivity contribution in [3.8, 4) is 0 Å². The molecule has 190 valence electrons. The molecule has 0 bridgehead atoms. The Morgan fingerprint density at radius 3 is 1.91 bits per heavy atom. The first-order chi connectivity index (χ1) is 16.0. The average molecular weight is 479 g/mol. The first-order valence-corrected chi connectivity index (χ1v) is 11.6. The number of amides is 3. The zero-order valence-corrected chi connectivity index (χ0v) is 20.3. The standard InChI is InChI=1S/C24H38N4O6/c1-5-14(3)19(25)22(31)28-20(15(4)6-2)23(32)26-17(12-16-10-8-7-9-11-16)21(30)27-18(13-29)24(33)34/h7-11,14-15,17-20,29H,5-6,12-13,25H2,1-4H3,(H,26,32)(H,27,30)(H,28,31)(H,33,34). The van der Waals surface area contributed by atoms with Crippen LogP contribution in [0.25, 0.3) is 0 Å². The van der Waals surface area contributed by atoms with Gasteiger partial charge in [0.15, 0.2) is 0 Å². The summed E-state index contributed by atoms with van der Waals surface area (Å²) in [5.41, 5.74) is 6.76. The van der Waals surface area contributed by atoms with Gasteiger partial charge >= 0.3 is 5.97 Å². The summed E-state index contributed by atoms with van der Waals surface area (Å²) < 4.78 is 0. The molecule has 1 aromatic carbocycles. The predicted molar refractivity (Wildman–Crippen MR) is 128 cm³/mol. The summed E-state index contributed by atoms with van der Waals surface area (Å²) in [4.78, 5) is 50.0. The van der Waals surface area contributed by atoms with Crippen LogP contribution in [0.3, 0.4) is 0 Å². The monoisotopic (exact) mass is 478 g/mol. The molecule has 1 aromatic rings. The summed E-state index contributed by atoms with van der Waals surface area (Å²) in [6.07, 6.45) is 1.37. The van der Waals surface area contributed by atoms with Crippen LogP contribution in [0.4, 0.5) is 0 Å². The van der Waals surface area contributed by atoms with E-state index in [1.54, 1.807) is 37.3 Å². The lowest BCUT2D eigenvalue weighted by Crippen LogP contribution is -2.59. The van der Waals surface area contributed by atoms with Gasteiger partial charge in [0.1, 0.15) is 18.1 Å². The lowest BCUT2D eigenvalue weighted by molar-refractivity contribution is -0.143. The highest BCUT2D eigenvalue weighted by molar-refractivity contribution is 5.94. The van der Waals surface area contributed by atoms with Crippen molar-refractivity contribution in [1.29, 1.82) is 0 Å². The summed E-state index contributed by atoms with van der Waals surface area (Å²) >= 11 is 0. The summed E-state index contributed by atoms with van der Waals surface area (Å²) in [5.74, 6) is -3.52. The van der Waals surface area contributed by atoms with Crippen LogP contribution in [-0.4, -0.2) is 64.7 Å². The Morgan fingerprint density at radius 2 is 1.41 bits per heavy atom. The molecule has 0 aliphatic carbocycles. The van der Waals surface area contributed by atoms with E-state index in [-0.39, 0.29) is 18.3 Å². The molecule has 0 aliphatic rings. The van der Waals surface area contributed by atoms with E-state index in [0.29, 0.717) is 12.8 Å². The fourth-order valence-electron chi connectivity index (χ4n) is 3.24. The van der Waals surface area contributed by atoms with Crippen LogP contribution in [0.15, 0.2) is 30.3 Å². The van der Waals surface area contributed by atoms with Crippen LogP contribution in [0, 0.1) is 11.8 Å². The molecule has 0 heterocycles. The molecule has 6 unspecified atom stereocenters. The molecule has 6 atom stereocenters. The Bertz CT molecular complexity index is 819. The number of nitrogens with two attached hydrogens (primary N) is 1. The molecule has 3 amide bonds. The minimum absolute atomic E-state index is 0.0799. The second-order valence-corrected chi connectivity index (χ2v) is 8.62. The number of hydrogen-bond donors (Lipinski definition) is 6. The summed E-state index contributed by atoms with van der Waals surface area (Å²) in [5, 5.41) is 26.0. The van der Waals surface area contributed by atoms with Gasteiger partial charge in [0.25, 0.3) is 0 Å². The molecular weight excluding hydrogens is 440 g/mol. The smallest absolute Gasteiger partial charge is 0.328 e. The lowest BCUT2D eigenvalue weighted by Gasteiger charge is -2.28. The fourth-order valence-corrected chi connectivity index (χ4v) is 3.24. The molecule has 1 rings (SSSR count). The van der Waals surface area contributed by atoms with Crippen molar-refractivity contribution in [2.45, 2.75) is 71.1 Å². The molecule has 0 spiro atoms. The van der Waals surface area contributed by atoms with Gasteiger partial charge in [-0.2, -0.15) is 0 Å². The molecule has 0 saturated carbocycles. The number of aliphatic hydroxyl groups excluding tert-OH is 1. The number of carboxylic acid groups (broad SMARTS) is 1. The van der Waals surface area contributed by atoms with Crippen molar-refractivity contribution in [2.75, 3.05) is 6.61 Å². The van der Waals surface area contributed by atoms with E-state index in [1.807, 2.05) is 20.8 Å². The van der Waals surface area contributed by atoms with E-state index in [2.05, 4.69) is 16.0 Å². The molecule has 10 nitrogen and oxygen atoms in total. The summed E-state index contributed by atoms with van der Waals surface area (Å²) in [7, 11) is 0. The molecule has 10 heteroatoms. The van der Waals surface area contributed by atoms with Crippen molar-refractivity contribution in [3.63, 3.8) is 0 Å². The number of carbonyl (C=O) groups is 4. The van der Waals surface area contributed by atoms with Crippen molar-refractivity contribution in [2.24, 2.45) is 17.6 Å². The van der Waals surface area contributed by atoms with Gasteiger partial charge in [-0.05, 0) is 17.4 Å². The third kappa shape index (κ3) is 8.75. The Labute approximate surface area is 200 Å². The highest BCUT2D eigenvalue weighted by Gasteiger charge is 2.33. The molecule has 0 radical (unpaired) electrons. The first-order valence-electron chi connectivity index (χ1n) is 11.6. The Morgan fingerprint density at radius 1 is 0.853 bits per heavy atom. The number of nitrogens with one attached hydrogen (secondary N) is 3. The number of hydrogen-bond acceptors (Lipinski definition) is 6. The molecular formula is C24H38N4O6. The average Bonchev–Trinajstić information content (AvgIpc) is 2.83. The van der Waals surface area contributed by atoms with E-state index in [9.17, 15) is 24.3 Å². The molecule has 0 fully saturated rings.